The molecule has 1 aromatic heterocycles. The molecule has 1 aliphatic carbocycles. The predicted molar refractivity (Wildman–Crippen MR) is 95.2 cm³/mol. The number of piperidine rings is 1. The normalized spacial score (nSPS) is 24.2. The van der Waals surface area contributed by atoms with Crippen molar-refractivity contribution in [2.75, 3.05) is 18.0 Å². The summed E-state index contributed by atoms with van der Waals surface area (Å²) in [7, 11) is 0. The molecular weight excluding hydrogens is 414 g/mol. The fourth-order valence-electron chi connectivity index (χ4n) is 4.23. The fourth-order valence-corrected chi connectivity index (χ4v) is 4.23. The lowest BCUT2D eigenvalue weighted by atomic mass is 9.94. The van der Waals surface area contributed by atoms with E-state index in [9.17, 15) is 31.4 Å². The molecule has 162 valence electrons. The number of ether oxygens (including phenoxy) is 1. The van der Waals surface area contributed by atoms with Gasteiger partial charge in [-0.1, -0.05) is 0 Å². The van der Waals surface area contributed by atoms with E-state index >= 15 is 0 Å². The molecule has 3 atom stereocenters. The summed E-state index contributed by atoms with van der Waals surface area (Å²) >= 11 is 0. The van der Waals surface area contributed by atoms with Crippen LogP contribution in [0, 0.1) is 11.8 Å². The Morgan fingerprint density at radius 2 is 1.50 bits per heavy atom. The van der Waals surface area contributed by atoms with Gasteiger partial charge in [0.25, 0.3) is 0 Å². The first-order valence-corrected chi connectivity index (χ1v) is 9.37. The van der Waals surface area contributed by atoms with Gasteiger partial charge in [0.05, 0.1) is 11.1 Å². The summed E-state index contributed by atoms with van der Waals surface area (Å²) in [6, 6.07) is 4.94. The van der Waals surface area contributed by atoms with Crippen molar-refractivity contribution in [1.82, 2.24) is 4.98 Å². The molecule has 1 unspecified atom stereocenters. The quantitative estimate of drug-likeness (QED) is 0.684. The highest BCUT2D eigenvalue weighted by Crippen LogP contribution is 2.43. The second-order valence-corrected chi connectivity index (χ2v) is 7.67. The minimum atomic E-state index is -4.56. The lowest BCUT2D eigenvalue weighted by Gasteiger charge is -2.38. The highest BCUT2D eigenvalue weighted by Gasteiger charge is 2.44. The molecule has 0 spiro atoms. The molecule has 2 heterocycles. The van der Waals surface area contributed by atoms with Crippen molar-refractivity contribution in [3.8, 4) is 11.5 Å². The summed E-state index contributed by atoms with van der Waals surface area (Å²) in [6.07, 6.45) is -6.87. The maximum atomic E-state index is 12.8. The zero-order valence-corrected chi connectivity index (χ0v) is 15.5. The lowest BCUT2D eigenvalue weighted by molar-refractivity contribution is -0.138. The minimum absolute atomic E-state index is 0.00833. The van der Waals surface area contributed by atoms with Gasteiger partial charge in [-0.05, 0) is 43.2 Å². The molecule has 1 saturated heterocycles. The van der Waals surface area contributed by atoms with Crippen molar-refractivity contribution in [3.05, 3.63) is 47.7 Å². The average molecular weight is 432 g/mol. The minimum Gasteiger partial charge on any atom is -0.504 e. The van der Waals surface area contributed by atoms with Crippen LogP contribution < -0.4 is 9.64 Å². The van der Waals surface area contributed by atoms with Crippen LogP contribution in [-0.4, -0.2) is 29.3 Å². The SMILES string of the molecule is Oc1cc(C(F)(F)F)ccc1O[C@H]1C2CC[C@@H]1CN(c1ccc(C(F)(F)F)cn1)C2. The predicted octanol–water partition coefficient (Wildman–Crippen LogP) is 5.12. The van der Waals surface area contributed by atoms with Crippen LogP contribution in [0.1, 0.15) is 24.0 Å². The maximum absolute atomic E-state index is 12.8. The summed E-state index contributed by atoms with van der Waals surface area (Å²) in [4.78, 5) is 5.84. The number of phenolic OH excluding ortho intramolecular Hbond substituents is 1. The van der Waals surface area contributed by atoms with Gasteiger partial charge >= 0.3 is 12.4 Å². The Labute approximate surface area is 168 Å². The number of hydrogen-bond donors (Lipinski definition) is 1. The molecule has 30 heavy (non-hydrogen) atoms. The number of benzene rings is 1. The molecule has 2 aliphatic rings. The standard InChI is InChI=1S/C20H18F6N2O2/c21-19(22,23)13-3-5-16(15(29)7-13)30-18-11-1-2-12(18)10-28(9-11)17-6-4-14(8-27-17)20(24,25)26/h3-8,11-12,18,29H,1-2,9-10H2/t11-,12?,18-/m1/s1. The summed E-state index contributed by atoms with van der Waals surface area (Å²) in [5.41, 5.74) is -1.77. The van der Waals surface area contributed by atoms with E-state index < -0.39 is 29.2 Å². The van der Waals surface area contributed by atoms with Gasteiger partial charge in [0.2, 0.25) is 0 Å². The number of aromatic hydroxyl groups is 1. The van der Waals surface area contributed by atoms with E-state index in [2.05, 4.69) is 4.98 Å². The van der Waals surface area contributed by atoms with Crippen molar-refractivity contribution in [2.24, 2.45) is 11.8 Å². The number of alkyl halides is 6. The molecule has 1 N–H and O–H groups in total. The zero-order chi connectivity index (χ0) is 21.7. The molecule has 2 bridgehead atoms. The van der Waals surface area contributed by atoms with Crippen LogP contribution in [0.5, 0.6) is 11.5 Å². The third kappa shape index (κ3) is 3.99. The monoisotopic (exact) mass is 432 g/mol. The number of nitrogens with zero attached hydrogens (tertiary/aromatic N) is 2. The Morgan fingerprint density at radius 1 is 0.900 bits per heavy atom. The smallest absolute Gasteiger partial charge is 0.417 e. The topological polar surface area (TPSA) is 45.6 Å². The van der Waals surface area contributed by atoms with Crippen LogP contribution in [0.4, 0.5) is 32.2 Å². The van der Waals surface area contributed by atoms with E-state index in [0.717, 1.165) is 37.2 Å². The number of hydrogen-bond acceptors (Lipinski definition) is 4. The van der Waals surface area contributed by atoms with Gasteiger partial charge in [0, 0.05) is 31.1 Å². The molecule has 1 aromatic carbocycles. The van der Waals surface area contributed by atoms with E-state index in [1.165, 1.54) is 6.07 Å². The lowest BCUT2D eigenvalue weighted by Crippen LogP contribution is -2.47. The highest BCUT2D eigenvalue weighted by atomic mass is 19.4. The summed E-state index contributed by atoms with van der Waals surface area (Å²) in [5.74, 6) is -0.0955. The van der Waals surface area contributed by atoms with E-state index in [1.807, 2.05) is 4.90 Å². The molecule has 1 saturated carbocycles. The van der Waals surface area contributed by atoms with Gasteiger partial charge in [0.15, 0.2) is 11.5 Å². The second kappa shape index (κ2) is 7.24. The number of pyridine rings is 1. The van der Waals surface area contributed by atoms with Gasteiger partial charge in [-0.15, -0.1) is 0 Å². The summed E-state index contributed by atoms with van der Waals surface area (Å²) in [5, 5.41) is 9.96. The number of fused-ring (bicyclic) bond motifs is 2. The molecular formula is C20H18F6N2O2. The Balaban J connectivity index is 1.46. The van der Waals surface area contributed by atoms with Crippen LogP contribution in [-0.2, 0) is 12.4 Å². The van der Waals surface area contributed by atoms with E-state index in [-0.39, 0.29) is 23.7 Å². The van der Waals surface area contributed by atoms with Crippen LogP contribution in [0.3, 0.4) is 0 Å². The third-order valence-corrected chi connectivity index (χ3v) is 5.70. The van der Waals surface area contributed by atoms with E-state index in [4.69, 9.17) is 4.74 Å². The summed E-state index contributed by atoms with van der Waals surface area (Å²) < 4.78 is 82.3. The van der Waals surface area contributed by atoms with Crippen molar-refractivity contribution in [1.29, 1.82) is 0 Å². The van der Waals surface area contributed by atoms with Crippen molar-refractivity contribution >= 4 is 5.82 Å². The number of anilines is 1. The summed E-state index contributed by atoms with van der Waals surface area (Å²) in [6.45, 7) is 1.00. The Bertz CT molecular complexity index is 899. The molecule has 1 aliphatic heterocycles. The van der Waals surface area contributed by atoms with Crippen LogP contribution in [0.15, 0.2) is 36.5 Å². The highest BCUT2D eigenvalue weighted by molar-refractivity contribution is 5.44. The van der Waals surface area contributed by atoms with Crippen LogP contribution in [0.25, 0.3) is 0 Å². The van der Waals surface area contributed by atoms with E-state index in [0.29, 0.717) is 25.0 Å². The largest absolute Gasteiger partial charge is 0.504 e. The number of phenols is 1. The number of aromatic nitrogens is 1. The molecule has 0 amide bonds. The first-order valence-electron chi connectivity index (χ1n) is 9.37. The van der Waals surface area contributed by atoms with Gasteiger partial charge in [0.1, 0.15) is 11.9 Å². The van der Waals surface area contributed by atoms with Crippen LogP contribution in [0.2, 0.25) is 0 Å². The second-order valence-electron chi connectivity index (χ2n) is 7.67. The molecule has 0 radical (unpaired) electrons. The number of halogens is 6. The Kier molecular flexibility index (Phi) is 4.98. The molecule has 10 heteroatoms. The fraction of sp³-hybridized carbons (Fsp3) is 0.450. The molecule has 4 rings (SSSR count). The van der Waals surface area contributed by atoms with Gasteiger partial charge in [-0.3, -0.25) is 0 Å². The van der Waals surface area contributed by atoms with E-state index in [1.54, 1.807) is 0 Å². The van der Waals surface area contributed by atoms with Crippen molar-refractivity contribution in [3.63, 3.8) is 0 Å². The first-order chi connectivity index (χ1) is 14.0. The third-order valence-electron chi connectivity index (χ3n) is 5.70. The molecule has 2 fully saturated rings. The van der Waals surface area contributed by atoms with Gasteiger partial charge < -0.3 is 14.7 Å². The molecule has 2 aromatic rings. The molecule has 4 nitrogen and oxygen atoms in total. The van der Waals surface area contributed by atoms with Gasteiger partial charge in [-0.25, -0.2) is 4.98 Å². The first kappa shape index (κ1) is 20.6. The Hall–Kier alpha value is -2.65. The average Bonchev–Trinajstić information content (AvgIpc) is 2.89. The number of rotatable bonds is 3. The maximum Gasteiger partial charge on any atom is 0.417 e. The Morgan fingerprint density at radius 3 is 2.00 bits per heavy atom. The van der Waals surface area contributed by atoms with Crippen LogP contribution >= 0.6 is 0 Å². The van der Waals surface area contributed by atoms with Crippen molar-refractivity contribution in [2.45, 2.75) is 31.3 Å². The van der Waals surface area contributed by atoms with Gasteiger partial charge in [-0.2, -0.15) is 26.3 Å². The zero-order valence-electron chi connectivity index (χ0n) is 15.5. The van der Waals surface area contributed by atoms with Crippen molar-refractivity contribution < 1.29 is 36.2 Å².